The molecular formula is C10H8BrFIN3. The van der Waals surface area contributed by atoms with Gasteiger partial charge in [0.25, 0.3) is 0 Å². The molecule has 0 fully saturated rings. The molecule has 2 N–H and O–H groups in total. The van der Waals surface area contributed by atoms with Gasteiger partial charge in [-0.25, -0.2) is 9.07 Å². The highest BCUT2D eigenvalue weighted by atomic mass is 127. The lowest BCUT2D eigenvalue weighted by Crippen LogP contribution is -2.06. The van der Waals surface area contributed by atoms with Gasteiger partial charge in [0.1, 0.15) is 11.6 Å². The third-order valence-electron chi connectivity index (χ3n) is 2.15. The van der Waals surface area contributed by atoms with Gasteiger partial charge in [-0.15, -0.1) is 0 Å². The van der Waals surface area contributed by atoms with Crippen LogP contribution in [0.4, 0.5) is 10.2 Å². The van der Waals surface area contributed by atoms with E-state index in [0.29, 0.717) is 16.8 Å². The van der Waals surface area contributed by atoms with Crippen LogP contribution in [0.25, 0.3) is 0 Å². The van der Waals surface area contributed by atoms with Crippen molar-refractivity contribution in [3.05, 3.63) is 43.8 Å². The maximum Gasteiger partial charge on any atom is 0.137 e. The number of nitrogen functional groups attached to an aromatic ring is 1. The number of anilines is 1. The largest absolute Gasteiger partial charge is 0.383 e. The highest BCUT2D eigenvalue weighted by Crippen LogP contribution is 2.19. The molecule has 0 amide bonds. The van der Waals surface area contributed by atoms with E-state index in [1.807, 2.05) is 0 Å². The molecule has 0 radical (unpaired) electrons. The fourth-order valence-electron chi connectivity index (χ4n) is 1.31. The molecule has 3 nitrogen and oxygen atoms in total. The van der Waals surface area contributed by atoms with Crippen LogP contribution in [-0.4, -0.2) is 9.78 Å². The SMILES string of the molecule is Nc1c(I)cnn1Cc1ccc(F)c(Br)c1. The summed E-state index contributed by atoms with van der Waals surface area (Å²) in [7, 11) is 0. The first-order valence-electron chi connectivity index (χ1n) is 4.48. The summed E-state index contributed by atoms with van der Waals surface area (Å²) >= 11 is 5.27. The molecule has 0 unspecified atom stereocenters. The van der Waals surface area contributed by atoms with E-state index in [9.17, 15) is 4.39 Å². The summed E-state index contributed by atoms with van der Waals surface area (Å²) in [5.41, 5.74) is 6.77. The Hall–Kier alpha value is -0.630. The first-order valence-corrected chi connectivity index (χ1v) is 6.36. The normalized spacial score (nSPS) is 10.7. The number of nitrogens with two attached hydrogens (primary N) is 1. The minimum absolute atomic E-state index is 0.272. The zero-order chi connectivity index (χ0) is 11.7. The Balaban J connectivity index is 2.27. The number of benzene rings is 1. The zero-order valence-corrected chi connectivity index (χ0v) is 11.9. The quantitative estimate of drug-likeness (QED) is 0.794. The van der Waals surface area contributed by atoms with Crippen LogP contribution in [0.5, 0.6) is 0 Å². The molecule has 2 rings (SSSR count). The Morgan fingerprint density at radius 2 is 2.25 bits per heavy atom. The van der Waals surface area contributed by atoms with Gasteiger partial charge in [-0.1, -0.05) is 6.07 Å². The molecule has 0 spiro atoms. The van der Waals surface area contributed by atoms with Crippen molar-refractivity contribution in [1.29, 1.82) is 0 Å². The van der Waals surface area contributed by atoms with E-state index < -0.39 is 0 Å². The van der Waals surface area contributed by atoms with Crippen LogP contribution < -0.4 is 5.73 Å². The van der Waals surface area contributed by atoms with Crippen LogP contribution in [0.3, 0.4) is 0 Å². The van der Waals surface area contributed by atoms with Crippen LogP contribution in [0.15, 0.2) is 28.9 Å². The van der Waals surface area contributed by atoms with Crippen LogP contribution in [-0.2, 0) is 6.54 Å². The van der Waals surface area contributed by atoms with E-state index >= 15 is 0 Å². The van der Waals surface area contributed by atoms with E-state index in [2.05, 4.69) is 43.6 Å². The van der Waals surface area contributed by atoms with Gasteiger partial charge in [0.05, 0.1) is 20.8 Å². The minimum Gasteiger partial charge on any atom is -0.383 e. The zero-order valence-electron chi connectivity index (χ0n) is 8.12. The van der Waals surface area contributed by atoms with Gasteiger partial charge in [0.2, 0.25) is 0 Å². The highest BCUT2D eigenvalue weighted by molar-refractivity contribution is 14.1. The molecular weight excluding hydrogens is 388 g/mol. The lowest BCUT2D eigenvalue weighted by molar-refractivity contribution is 0.618. The Morgan fingerprint density at radius 3 is 2.81 bits per heavy atom. The second-order valence-electron chi connectivity index (χ2n) is 3.28. The summed E-state index contributed by atoms with van der Waals surface area (Å²) in [6.45, 7) is 0.535. The van der Waals surface area contributed by atoms with Gasteiger partial charge in [0, 0.05) is 0 Å². The first kappa shape index (κ1) is 11.8. The molecule has 0 aliphatic rings. The maximum absolute atomic E-state index is 13.0. The molecule has 16 heavy (non-hydrogen) atoms. The lowest BCUT2D eigenvalue weighted by Gasteiger charge is -2.05. The average Bonchev–Trinajstić information content (AvgIpc) is 2.55. The maximum atomic E-state index is 13.0. The van der Waals surface area contributed by atoms with E-state index in [1.54, 1.807) is 23.0 Å². The lowest BCUT2D eigenvalue weighted by atomic mass is 10.2. The van der Waals surface area contributed by atoms with Crippen molar-refractivity contribution >= 4 is 44.3 Å². The fraction of sp³-hybridized carbons (Fsp3) is 0.100. The molecule has 1 heterocycles. The number of hydrogen-bond donors (Lipinski definition) is 1. The molecule has 6 heteroatoms. The van der Waals surface area contributed by atoms with E-state index in [0.717, 1.165) is 9.13 Å². The summed E-state index contributed by atoms with van der Waals surface area (Å²) in [4.78, 5) is 0. The minimum atomic E-state index is -0.272. The van der Waals surface area contributed by atoms with Crippen molar-refractivity contribution in [2.24, 2.45) is 0 Å². The molecule has 0 saturated carbocycles. The van der Waals surface area contributed by atoms with Gasteiger partial charge < -0.3 is 5.73 Å². The second kappa shape index (κ2) is 4.70. The van der Waals surface area contributed by atoms with Gasteiger partial charge in [0.15, 0.2) is 0 Å². The topological polar surface area (TPSA) is 43.8 Å². The Labute approximate surface area is 114 Å². The summed E-state index contributed by atoms with van der Waals surface area (Å²) in [6.07, 6.45) is 1.70. The summed E-state index contributed by atoms with van der Waals surface area (Å²) in [5.74, 6) is 0.354. The predicted octanol–water partition coefficient (Wildman–Crippen LogP) is 3.02. The molecule has 2 aromatic rings. The second-order valence-corrected chi connectivity index (χ2v) is 5.30. The monoisotopic (exact) mass is 395 g/mol. The van der Waals surface area contributed by atoms with Gasteiger partial charge in [-0.3, -0.25) is 0 Å². The van der Waals surface area contributed by atoms with Crippen molar-refractivity contribution < 1.29 is 4.39 Å². The Kier molecular flexibility index (Phi) is 3.48. The molecule has 0 bridgehead atoms. The predicted molar refractivity (Wildman–Crippen MR) is 72.6 cm³/mol. The smallest absolute Gasteiger partial charge is 0.137 e. The number of hydrogen-bond acceptors (Lipinski definition) is 2. The third kappa shape index (κ3) is 2.37. The number of rotatable bonds is 2. The molecule has 0 atom stereocenters. The molecule has 0 aliphatic heterocycles. The van der Waals surface area contributed by atoms with Crippen molar-refractivity contribution in [2.45, 2.75) is 6.54 Å². The first-order chi connectivity index (χ1) is 7.58. The number of nitrogens with zero attached hydrogens (tertiary/aromatic N) is 2. The summed E-state index contributed by atoms with van der Waals surface area (Å²) < 4.78 is 16.1. The molecule has 1 aromatic heterocycles. The Bertz CT molecular complexity index is 527. The van der Waals surface area contributed by atoms with E-state index in [4.69, 9.17) is 5.73 Å². The van der Waals surface area contributed by atoms with Gasteiger partial charge in [-0.2, -0.15) is 5.10 Å². The Morgan fingerprint density at radius 1 is 1.50 bits per heavy atom. The highest BCUT2D eigenvalue weighted by Gasteiger charge is 2.06. The molecule has 84 valence electrons. The molecule has 1 aromatic carbocycles. The fourth-order valence-corrected chi connectivity index (χ4v) is 2.14. The van der Waals surface area contributed by atoms with E-state index in [1.165, 1.54) is 6.07 Å². The van der Waals surface area contributed by atoms with Gasteiger partial charge in [-0.05, 0) is 56.2 Å². The summed E-state index contributed by atoms with van der Waals surface area (Å²) in [5, 5.41) is 4.14. The average molecular weight is 396 g/mol. The number of halogens is 3. The van der Waals surface area contributed by atoms with Crippen molar-refractivity contribution in [2.75, 3.05) is 5.73 Å². The van der Waals surface area contributed by atoms with Crippen molar-refractivity contribution in [3.63, 3.8) is 0 Å². The number of aromatic nitrogens is 2. The van der Waals surface area contributed by atoms with Crippen molar-refractivity contribution in [1.82, 2.24) is 9.78 Å². The summed E-state index contributed by atoms with van der Waals surface area (Å²) in [6, 6.07) is 4.86. The van der Waals surface area contributed by atoms with Crippen molar-refractivity contribution in [3.8, 4) is 0 Å². The van der Waals surface area contributed by atoms with E-state index in [-0.39, 0.29) is 5.82 Å². The molecule has 0 saturated heterocycles. The van der Waals surface area contributed by atoms with Crippen LogP contribution in [0.2, 0.25) is 0 Å². The van der Waals surface area contributed by atoms with Crippen LogP contribution >= 0.6 is 38.5 Å². The molecule has 0 aliphatic carbocycles. The van der Waals surface area contributed by atoms with Gasteiger partial charge >= 0.3 is 0 Å². The van der Waals surface area contributed by atoms with Crippen LogP contribution in [0, 0.1) is 9.39 Å². The van der Waals surface area contributed by atoms with Crippen LogP contribution in [0.1, 0.15) is 5.56 Å². The third-order valence-corrected chi connectivity index (χ3v) is 3.59. The standard InChI is InChI=1S/C10H8BrFIN3/c11-7-3-6(1-2-8(7)12)5-16-10(14)9(13)4-15-16/h1-4H,5,14H2.